The van der Waals surface area contributed by atoms with E-state index >= 15 is 0 Å². The Morgan fingerprint density at radius 2 is 1.60 bits per heavy atom. The number of benzene rings is 1. The van der Waals surface area contributed by atoms with Crippen LogP contribution in [0.15, 0.2) is 0 Å². The van der Waals surface area contributed by atoms with Gasteiger partial charge in [0.05, 0.1) is 30.9 Å². The van der Waals surface area contributed by atoms with Crippen molar-refractivity contribution in [1.29, 1.82) is 0 Å². The van der Waals surface area contributed by atoms with Gasteiger partial charge in [-0.15, -0.1) is 0 Å². The van der Waals surface area contributed by atoms with Crippen molar-refractivity contribution in [2.75, 3.05) is 26.9 Å². The molecule has 0 radical (unpaired) electrons. The average molecular weight is 364 g/mol. The number of ether oxygens (including phenoxy) is 1. The minimum Gasteiger partial charge on any atom is -0.383 e. The fourth-order valence-corrected chi connectivity index (χ4v) is 2.56. The maximum absolute atomic E-state index is 13.9. The van der Waals surface area contributed by atoms with Crippen molar-refractivity contribution < 1.29 is 41.6 Å². The third-order valence-corrected chi connectivity index (χ3v) is 3.74. The molecule has 1 aromatic rings. The molecule has 1 fully saturated rings. The molecule has 2 amide bonds. The van der Waals surface area contributed by atoms with E-state index in [4.69, 9.17) is 14.4 Å². The first-order valence-electron chi connectivity index (χ1n) is 7.18. The molecule has 0 aliphatic carbocycles. The highest BCUT2D eigenvalue weighted by Crippen LogP contribution is 2.34. The monoisotopic (exact) mass is 364 g/mol. The van der Waals surface area contributed by atoms with Crippen LogP contribution in [0.3, 0.4) is 0 Å². The van der Waals surface area contributed by atoms with Crippen molar-refractivity contribution in [3.8, 4) is 0 Å². The zero-order chi connectivity index (χ0) is 18.3. The Labute approximate surface area is 138 Å². The maximum Gasteiger partial charge on any atom is 0.266 e. The normalized spacial score (nSPS) is 21.2. The van der Waals surface area contributed by atoms with Crippen molar-refractivity contribution in [1.82, 2.24) is 10.1 Å². The van der Waals surface area contributed by atoms with Crippen LogP contribution in [0.5, 0.6) is 0 Å². The minimum atomic E-state index is -2.16. The Morgan fingerprint density at radius 1 is 1.04 bits per heavy atom. The van der Waals surface area contributed by atoms with Gasteiger partial charge in [0.2, 0.25) is 0 Å². The van der Waals surface area contributed by atoms with Gasteiger partial charge in [0.25, 0.3) is 11.8 Å². The van der Waals surface area contributed by atoms with Crippen LogP contribution in [0.25, 0.3) is 0 Å². The molecule has 1 unspecified atom stereocenters. The molecule has 7 nitrogen and oxygen atoms in total. The van der Waals surface area contributed by atoms with Crippen LogP contribution < -0.4 is 0 Å². The van der Waals surface area contributed by atoms with Gasteiger partial charge in [-0.2, -0.15) is 0 Å². The number of carbonyl (C=O) groups is 2. The lowest BCUT2D eigenvalue weighted by atomic mass is 10.1. The van der Waals surface area contributed by atoms with Crippen molar-refractivity contribution >= 4 is 11.8 Å². The first kappa shape index (κ1) is 17.7. The number of imide groups is 1. The first-order valence-corrected chi connectivity index (χ1v) is 7.18. The molecule has 11 heteroatoms. The zero-order valence-corrected chi connectivity index (χ0v) is 12.9. The van der Waals surface area contributed by atoms with Crippen molar-refractivity contribution in [3.63, 3.8) is 0 Å². The largest absolute Gasteiger partial charge is 0.383 e. The Kier molecular flexibility index (Phi) is 4.73. The molecule has 2 heterocycles. The molecule has 25 heavy (non-hydrogen) atoms. The topological polar surface area (TPSA) is 68.3 Å². The number of hydroxylamine groups is 2. The smallest absolute Gasteiger partial charge is 0.266 e. The summed E-state index contributed by atoms with van der Waals surface area (Å²) in [6, 6.07) is 0. The Morgan fingerprint density at radius 3 is 2.12 bits per heavy atom. The lowest BCUT2D eigenvalue weighted by molar-refractivity contribution is -0.425. The molecule has 3 rings (SSSR count). The van der Waals surface area contributed by atoms with E-state index in [-0.39, 0.29) is 26.2 Å². The lowest BCUT2D eigenvalue weighted by Crippen LogP contribution is -2.49. The van der Waals surface area contributed by atoms with E-state index in [9.17, 15) is 27.2 Å². The highest BCUT2D eigenvalue weighted by Gasteiger charge is 2.48. The minimum absolute atomic E-state index is 0.00313. The van der Waals surface area contributed by atoms with Gasteiger partial charge in [0, 0.05) is 13.5 Å². The quantitative estimate of drug-likeness (QED) is 0.348. The van der Waals surface area contributed by atoms with Gasteiger partial charge < -0.3 is 4.74 Å². The second-order valence-corrected chi connectivity index (χ2v) is 5.22. The summed E-state index contributed by atoms with van der Waals surface area (Å²) in [5.41, 5.74) is -2.31. The molecule has 0 spiro atoms. The van der Waals surface area contributed by atoms with Gasteiger partial charge in [0.15, 0.2) is 29.5 Å². The van der Waals surface area contributed by atoms with E-state index in [1.54, 1.807) is 0 Å². The molecular weight excluding hydrogens is 352 g/mol. The van der Waals surface area contributed by atoms with Crippen LogP contribution in [0.4, 0.5) is 17.6 Å². The van der Waals surface area contributed by atoms with Gasteiger partial charge >= 0.3 is 0 Å². The number of carbonyl (C=O) groups excluding carboxylic acids is 2. The van der Waals surface area contributed by atoms with E-state index in [1.807, 2.05) is 0 Å². The third kappa shape index (κ3) is 2.78. The van der Waals surface area contributed by atoms with Crippen LogP contribution in [0, 0.1) is 23.3 Å². The second-order valence-electron chi connectivity index (χ2n) is 5.22. The number of nitrogens with zero attached hydrogens (tertiary/aromatic N) is 2. The summed E-state index contributed by atoms with van der Waals surface area (Å²) in [5, 5.41) is 0.953. The van der Waals surface area contributed by atoms with E-state index in [0.29, 0.717) is 4.90 Å². The average Bonchev–Trinajstić information content (AvgIpc) is 2.87. The summed E-state index contributed by atoms with van der Waals surface area (Å²) >= 11 is 0. The van der Waals surface area contributed by atoms with Crippen LogP contribution in [0.1, 0.15) is 27.1 Å². The molecule has 0 N–H and O–H groups in total. The van der Waals surface area contributed by atoms with E-state index < -0.39 is 52.4 Å². The standard InChI is InChI=1S/C14H12F4N2O5/c1-23-5-3-19-24-4-2-6(25-19)20-13(21)7-8(14(20)22)10(16)12(18)11(17)9(7)15/h6H,2-5H2,1H3. The zero-order valence-electron chi connectivity index (χ0n) is 12.9. The number of hydrogen-bond donors (Lipinski definition) is 0. The van der Waals surface area contributed by atoms with E-state index in [2.05, 4.69) is 0 Å². The number of amides is 2. The number of halogens is 4. The Bertz CT molecular complexity index is 698. The van der Waals surface area contributed by atoms with Gasteiger partial charge in [-0.05, 0) is 0 Å². The van der Waals surface area contributed by atoms with E-state index in [1.165, 1.54) is 7.11 Å². The van der Waals surface area contributed by atoms with Crippen molar-refractivity contribution in [3.05, 3.63) is 34.4 Å². The molecule has 2 aliphatic heterocycles. The van der Waals surface area contributed by atoms with Gasteiger partial charge in [-0.1, -0.05) is 5.23 Å². The summed E-state index contributed by atoms with van der Waals surface area (Å²) in [7, 11) is 1.43. The summed E-state index contributed by atoms with van der Waals surface area (Å²) in [6.45, 7) is 0.367. The fraction of sp³-hybridized carbons (Fsp3) is 0.429. The van der Waals surface area contributed by atoms with Crippen LogP contribution >= 0.6 is 0 Å². The lowest BCUT2D eigenvalue weighted by Gasteiger charge is -2.34. The predicted molar refractivity (Wildman–Crippen MR) is 70.8 cm³/mol. The van der Waals surface area contributed by atoms with Crippen molar-refractivity contribution in [2.24, 2.45) is 0 Å². The van der Waals surface area contributed by atoms with E-state index in [0.717, 1.165) is 5.23 Å². The first-order chi connectivity index (χ1) is 11.9. The number of rotatable bonds is 4. The molecule has 1 saturated heterocycles. The summed E-state index contributed by atoms with van der Waals surface area (Å²) < 4.78 is 59.3. The summed E-state index contributed by atoms with van der Waals surface area (Å²) in [4.78, 5) is 35.4. The molecular formula is C14H12F4N2O5. The number of methoxy groups -OCH3 is 1. The highest BCUT2D eigenvalue weighted by atomic mass is 19.2. The molecule has 136 valence electrons. The molecule has 0 saturated carbocycles. The molecule has 1 atom stereocenters. The molecule has 2 aliphatic rings. The second kappa shape index (κ2) is 6.67. The summed E-state index contributed by atoms with van der Waals surface area (Å²) in [5.74, 6) is -10.8. The van der Waals surface area contributed by atoms with Gasteiger partial charge in [-0.25, -0.2) is 27.3 Å². The molecule has 0 bridgehead atoms. The van der Waals surface area contributed by atoms with Crippen LogP contribution in [-0.2, 0) is 14.4 Å². The number of fused-ring (bicyclic) bond motifs is 1. The number of hydrogen-bond acceptors (Lipinski definition) is 6. The predicted octanol–water partition coefficient (Wildman–Crippen LogP) is 1.38. The SMILES string of the molecule is COCCN1OCCC(N2C(=O)c3c(F)c(F)c(F)c(F)c3C2=O)O1. The maximum atomic E-state index is 13.9. The Hall–Kier alpha value is -2.08. The highest BCUT2D eigenvalue weighted by molar-refractivity contribution is 6.21. The fourth-order valence-electron chi connectivity index (χ4n) is 2.56. The van der Waals surface area contributed by atoms with Crippen molar-refractivity contribution in [2.45, 2.75) is 12.6 Å². The van der Waals surface area contributed by atoms with Crippen LogP contribution in [0.2, 0.25) is 0 Å². The molecule has 1 aromatic carbocycles. The van der Waals surface area contributed by atoms with Gasteiger partial charge in [-0.3, -0.25) is 14.4 Å². The molecule has 0 aromatic heterocycles. The van der Waals surface area contributed by atoms with Crippen LogP contribution in [-0.4, -0.2) is 55.0 Å². The van der Waals surface area contributed by atoms with Gasteiger partial charge in [0.1, 0.15) is 0 Å². The third-order valence-electron chi connectivity index (χ3n) is 3.74. The Balaban J connectivity index is 1.92. The summed E-state index contributed by atoms with van der Waals surface area (Å²) in [6.07, 6.45) is -1.24.